The molecule has 4 rings (SSSR count). The number of carbonyl (C=O) groups is 1. The van der Waals surface area contributed by atoms with E-state index in [9.17, 15) is 4.79 Å². The van der Waals surface area contributed by atoms with Crippen molar-refractivity contribution in [3.63, 3.8) is 0 Å². The van der Waals surface area contributed by atoms with Crippen molar-refractivity contribution in [2.24, 2.45) is 0 Å². The standard InChI is InChI=1S/C24H21NO2/c26-24(23-17-20-13-7-8-14-22(20)27-23)25-16-15-21(18-9-3-1-4-10-18)19-11-5-2-6-12-19/h1-14,17,21H,15-16H2,(H,25,26). The Morgan fingerprint density at radius 3 is 2.04 bits per heavy atom. The zero-order chi connectivity index (χ0) is 18.5. The lowest BCUT2D eigenvalue weighted by molar-refractivity contribution is 0.0927. The van der Waals surface area contributed by atoms with Gasteiger partial charge in [-0.05, 0) is 29.7 Å². The van der Waals surface area contributed by atoms with Gasteiger partial charge in [-0.1, -0.05) is 78.9 Å². The molecular weight excluding hydrogens is 334 g/mol. The Kier molecular flexibility index (Phi) is 5.01. The first-order chi connectivity index (χ1) is 13.3. The van der Waals surface area contributed by atoms with Crippen LogP contribution >= 0.6 is 0 Å². The largest absolute Gasteiger partial charge is 0.451 e. The SMILES string of the molecule is O=C(NCCC(c1ccccc1)c1ccccc1)c1cc2ccccc2o1. The third kappa shape index (κ3) is 3.93. The molecule has 134 valence electrons. The third-order valence-corrected chi connectivity index (χ3v) is 4.77. The molecule has 27 heavy (non-hydrogen) atoms. The second kappa shape index (κ2) is 7.92. The molecule has 0 aliphatic rings. The predicted octanol–water partition coefficient (Wildman–Crippen LogP) is 5.38. The minimum absolute atomic E-state index is 0.175. The molecular formula is C24H21NO2. The summed E-state index contributed by atoms with van der Waals surface area (Å²) in [6.45, 7) is 0.574. The Balaban J connectivity index is 1.45. The predicted molar refractivity (Wildman–Crippen MR) is 108 cm³/mol. The Morgan fingerprint density at radius 1 is 0.815 bits per heavy atom. The molecule has 3 heteroatoms. The molecule has 3 nitrogen and oxygen atoms in total. The average molecular weight is 355 g/mol. The summed E-state index contributed by atoms with van der Waals surface area (Å²) >= 11 is 0. The molecule has 1 amide bonds. The highest BCUT2D eigenvalue weighted by molar-refractivity contribution is 5.96. The summed E-state index contributed by atoms with van der Waals surface area (Å²) in [5, 5.41) is 3.94. The molecule has 0 aliphatic carbocycles. The summed E-state index contributed by atoms with van der Waals surface area (Å²) < 4.78 is 5.64. The van der Waals surface area contributed by atoms with Crippen molar-refractivity contribution in [2.45, 2.75) is 12.3 Å². The van der Waals surface area contributed by atoms with Crippen LogP contribution in [-0.4, -0.2) is 12.5 Å². The van der Waals surface area contributed by atoms with Gasteiger partial charge in [-0.2, -0.15) is 0 Å². The van der Waals surface area contributed by atoms with Crippen molar-refractivity contribution in [3.05, 3.63) is 108 Å². The molecule has 0 atom stereocenters. The topological polar surface area (TPSA) is 42.2 Å². The maximum absolute atomic E-state index is 12.5. The Labute approximate surface area is 158 Å². The Hall–Kier alpha value is -3.33. The molecule has 1 heterocycles. The van der Waals surface area contributed by atoms with Crippen LogP contribution in [0.2, 0.25) is 0 Å². The van der Waals surface area contributed by atoms with Gasteiger partial charge in [-0.15, -0.1) is 0 Å². The second-order valence-corrected chi connectivity index (χ2v) is 6.57. The van der Waals surface area contributed by atoms with E-state index in [2.05, 4.69) is 53.8 Å². The Bertz CT molecular complexity index is 949. The lowest BCUT2D eigenvalue weighted by atomic mass is 9.88. The molecule has 1 N–H and O–H groups in total. The minimum atomic E-state index is -0.175. The van der Waals surface area contributed by atoms with Crippen LogP contribution in [0.25, 0.3) is 11.0 Å². The van der Waals surface area contributed by atoms with Gasteiger partial charge in [0.2, 0.25) is 0 Å². The zero-order valence-corrected chi connectivity index (χ0v) is 15.0. The molecule has 0 unspecified atom stereocenters. The molecule has 0 saturated heterocycles. The van der Waals surface area contributed by atoms with Gasteiger partial charge in [0.1, 0.15) is 5.58 Å². The summed E-state index contributed by atoms with van der Waals surface area (Å²) in [5.41, 5.74) is 3.23. The van der Waals surface area contributed by atoms with Crippen LogP contribution in [0.3, 0.4) is 0 Å². The van der Waals surface area contributed by atoms with Crippen molar-refractivity contribution in [2.75, 3.05) is 6.54 Å². The summed E-state index contributed by atoms with van der Waals surface area (Å²) in [4.78, 5) is 12.5. The smallest absolute Gasteiger partial charge is 0.287 e. The van der Waals surface area contributed by atoms with Crippen LogP contribution in [0.4, 0.5) is 0 Å². The van der Waals surface area contributed by atoms with Crippen molar-refractivity contribution in [1.29, 1.82) is 0 Å². The van der Waals surface area contributed by atoms with Crippen LogP contribution in [0.5, 0.6) is 0 Å². The highest BCUT2D eigenvalue weighted by Gasteiger charge is 2.16. The lowest BCUT2D eigenvalue weighted by Gasteiger charge is -2.18. The summed E-state index contributed by atoms with van der Waals surface area (Å²) in [6.07, 6.45) is 0.819. The van der Waals surface area contributed by atoms with Crippen LogP contribution in [0, 0.1) is 0 Å². The number of rotatable bonds is 6. The number of furan rings is 1. The van der Waals surface area contributed by atoms with Gasteiger partial charge in [0.05, 0.1) is 0 Å². The minimum Gasteiger partial charge on any atom is -0.451 e. The highest BCUT2D eigenvalue weighted by Crippen LogP contribution is 2.27. The van der Waals surface area contributed by atoms with Gasteiger partial charge in [-0.25, -0.2) is 0 Å². The van der Waals surface area contributed by atoms with E-state index >= 15 is 0 Å². The monoisotopic (exact) mass is 355 g/mol. The molecule has 1 aromatic heterocycles. The molecule has 0 aliphatic heterocycles. The molecule has 0 spiro atoms. The third-order valence-electron chi connectivity index (χ3n) is 4.77. The van der Waals surface area contributed by atoms with Crippen molar-refractivity contribution in [3.8, 4) is 0 Å². The maximum atomic E-state index is 12.5. The quantitative estimate of drug-likeness (QED) is 0.504. The van der Waals surface area contributed by atoms with Gasteiger partial charge < -0.3 is 9.73 Å². The summed E-state index contributed by atoms with van der Waals surface area (Å²) in [5.74, 6) is 0.418. The van der Waals surface area contributed by atoms with Gasteiger partial charge in [0.25, 0.3) is 5.91 Å². The van der Waals surface area contributed by atoms with Gasteiger partial charge in [0.15, 0.2) is 5.76 Å². The fourth-order valence-corrected chi connectivity index (χ4v) is 3.41. The van der Waals surface area contributed by atoms with Crippen LogP contribution in [-0.2, 0) is 0 Å². The zero-order valence-electron chi connectivity index (χ0n) is 15.0. The Morgan fingerprint density at radius 2 is 1.41 bits per heavy atom. The van der Waals surface area contributed by atoms with E-state index in [1.807, 2.05) is 36.4 Å². The fourth-order valence-electron chi connectivity index (χ4n) is 3.41. The lowest BCUT2D eigenvalue weighted by Crippen LogP contribution is -2.25. The van der Waals surface area contributed by atoms with Crippen molar-refractivity contribution < 1.29 is 9.21 Å². The first kappa shape index (κ1) is 17.1. The van der Waals surface area contributed by atoms with Crippen molar-refractivity contribution in [1.82, 2.24) is 5.32 Å². The van der Waals surface area contributed by atoms with E-state index in [0.717, 1.165) is 17.4 Å². The highest BCUT2D eigenvalue weighted by atomic mass is 16.3. The van der Waals surface area contributed by atoms with E-state index < -0.39 is 0 Å². The number of fused-ring (bicyclic) bond motifs is 1. The summed E-state index contributed by atoms with van der Waals surface area (Å²) in [7, 11) is 0. The number of benzene rings is 3. The van der Waals surface area contributed by atoms with Crippen LogP contribution in [0.15, 0.2) is 95.4 Å². The molecule has 0 bridgehead atoms. The second-order valence-electron chi connectivity index (χ2n) is 6.57. The number of amides is 1. The van der Waals surface area contributed by atoms with Crippen molar-refractivity contribution >= 4 is 16.9 Å². The number of para-hydroxylation sites is 1. The fraction of sp³-hybridized carbons (Fsp3) is 0.125. The summed E-state index contributed by atoms with van der Waals surface area (Å²) in [6, 6.07) is 30.2. The molecule has 0 fully saturated rings. The first-order valence-corrected chi connectivity index (χ1v) is 9.18. The number of carbonyl (C=O) groups excluding carboxylic acids is 1. The van der Waals surface area contributed by atoms with Crippen LogP contribution in [0.1, 0.15) is 34.0 Å². The van der Waals surface area contributed by atoms with Gasteiger partial charge in [0, 0.05) is 17.8 Å². The average Bonchev–Trinajstić information content (AvgIpc) is 3.17. The normalized spacial score (nSPS) is 11.0. The van der Waals surface area contributed by atoms with E-state index in [-0.39, 0.29) is 11.8 Å². The van der Waals surface area contributed by atoms with E-state index in [0.29, 0.717) is 12.3 Å². The van der Waals surface area contributed by atoms with E-state index in [4.69, 9.17) is 4.42 Å². The molecule has 0 saturated carbocycles. The molecule has 3 aromatic carbocycles. The molecule has 0 radical (unpaired) electrons. The first-order valence-electron chi connectivity index (χ1n) is 9.18. The maximum Gasteiger partial charge on any atom is 0.287 e. The van der Waals surface area contributed by atoms with E-state index in [1.54, 1.807) is 6.07 Å². The van der Waals surface area contributed by atoms with Gasteiger partial charge in [-0.3, -0.25) is 4.79 Å². The van der Waals surface area contributed by atoms with Gasteiger partial charge >= 0.3 is 0 Å². The number of nitrogens with one attached hydrogen (secondary N) is 1. The number of hydrogen-bond donors (Lipinski definition) is 1. The van der Waals surface area contributed by atoms with Crippen LogP contribution < -0.4 is 5.32 Å². The molecule has 4 aromatic rings. The van der Waals surface area contributed by atoms with E-state index in [1.165, 1.54) is 11.1 Å². The number of hydrogen-bond acceptors (Lipinski definition) is 2.